The summed E-state index contributed by atoms with van der Waals surface area (Å²) in [5.74, 6) is 1.37. The Morgan fingerprint density at radius 2 is 2.05 bits per heavy atom. The lowest BCUT2D eigenvalue weighted by molar-refractivity contribution is 0.222. The molecular formula is C13H21ClN4O. The molecule has 1 saturated carbocycles. The summed E-state index contributed by atoms with van der Waals surface area (Å²) in [5, 5.41) is 3.49. The number of nitrogens with one attached hydrogen (secondary N) is 1. The topological polar surface area (TPSA) is 59.9 Å². The number of hydrogen-bond acceptors (Lipinski definition) is 5. The lowest BCUT2D eigenvalue weighted by Gasteiger charge is -2.17. The van der Waals surface area contributed by atoms with E-state index >= 15 is 0 Å². The summed E-state index contributed by atoms with van der Waals surface area (Å²) in [4.78, 5) is 12.3. The zero-order chi connectivity index (χ0) is 13.8. The lowest BCUT2D eigenvalue weighted by Crippen LogP contribution is -2.21. The van der Waals surface area contributed by atoms with Crippen LogP contribution in [0.1, 0.15) is 46.5 Å². The van der Waals surface area contributed by atoms with Crippen molar-refractivity contribution < 1.29 is 4.74 Å². The predicted molar refractivity (Wildman–Crippen MR) is 75.6 cm³/mol. The van der Waals surface area contributed by atoms with E-state index in [1.807, 2.05) is 13.8 Å². The van der Waals surface area contributed by atoms with Gasteiger partial charge in [-0.05, 0) is 44.2 Å². The standard InChI is InChI=1S/C13H21ClN4O/c1-4-10(7-9-5-6-9)15-12-16-11(14)17-13(18-12)19-8(2)3/h8-10H,4-7H2,1-3H3,(H,15,16,17,18). The molecule has 106 valence electrons. The van der Waals surface area contributed by atoms with Gasteiger partial charge in [0.05, 0.1) is 6.10 Å². The second kappa shape index (κ2) is 6.37. The molecule has 2 rings (SSSR count). The Bertz CT molecular complexity index is 423. The van der Waals surface area contributed by atoms with Gasteiger partial charge in [-0.15, -0.1) is 0 Å². The summed E-state index contributed by atoms with van der Waals surface area (Å²) in [6.45, 7) is 6.01. The van der Waals surface area contributed by atoms with Gasteiger partial charge in [-0.2, -0.15) is 15.0 Å². The van der Waals surface area contributed by atoms with Crippen LogP contribution in [0.3, 0.4) is 0 Å². The number of rotatable bonds is 7. The average molecular weight is 285 g/mol. The average Bonchev–Trinajstić information content (AvgIpc) is 3.10. The first kappa shape index (κ1) is 14.3. The molecule has 1 N–H and O–H groups in total. The fourth-order valence-corrected chi connectivity index (χ4v) is 2.08. The fourth-order valence-electron chi connectivity index (χ4n) is 1.93. The van der Waals surface area contributed by atoms with Gasteiger partial charge in [-0.1, -0.05) is 19.8 Å². The summed E-state index contributed by atoms with van der Waals surface area (Å²) in [7, 11) is 0. The van der Waals surface area contributed by atoms with Gasteiger partial charge < -0.3 is 10.1 Å². The van der Waals surface area contributed by atoms with Crippen molar-refractivity contribution in [1.82, 2.24) is 15.0 Å². The van der Waals surface area contributed by atoms with Crippen LogP contribution >= 0.6 is 11.6 Å². The molecular weight excluding hydrogens is 264 g/mol. The Hall–Kier alpha value is -1.10. The largest absolute Gasteiger partial charge is 0.461 e. The van der Waals surface area contributed by atoms with E-state index in [0.29, 0.717) is 12.0 Å². The summed E-state index contributed by atoms with van der Waals surface area (Å²) < 4.78 is 5.46. The van der Waals surface area contributed by atoms with Gasteiger partial charge in [-0.25, -0.2) is 0 Å². The molecule has 0 bridgehead atoms. The van der Waals surface area contributed by atoms with Gasteiger partial charge in [0, 0.05) is 6.04 Å². The summed E-state index contributed by atoms with van der Waals surface area (Å²) in [5.41, 5.74) is 0. The number of aromatic nitrogens is 3. The molecule has 1 fully saturated rings. The Labute approximate surface area is 119 Å². The number of nitrogens with zero attached hydrogens (tertiary/aromatic N) is 3. The molecule has 5 nitrogen and oxygen atoms in total. The number of hydrogen-bond donors (Lipinski definition) is 1. The molecule has 0 aromatic carbocycles. The normalized spacial score (nSPS) is 16.5. The molecule has 6 heteroatoms. The SMILES string of the molecule is CCC(CC1CC1)Nc1nc(Cl)nc(OC(C)C)n1. The minimum Gasteiger partial charge on any atom is -0.461 e. The molecule has 0 spiro atoms. The first-order valence-electron chi connectivity index (χ1n) is 6.91. The second-order valence-corrected chi connectivity index (χ2v) is 5.64. The van der Waals surface area contributed by atoms with Crippen molar-refractivity contribution in [2.45, 2.75) is 58.6 Å². The van der Waals surface area contributed by atoms with Crippen molar-refractivity contribution in [2.75, 3.05) is 5.32 Å². The quantitative estimate of drug-likeness (QED) is 0.832. The Morgan fingerprint density at radius 3 is 2.63 bits per heavy atom. The summed E-state index contributed by atoms with van der Waals surface area (Å²) in [6.07, 6.45) is 4.91. The molecule has 1 aromatic heterocycles. The highest BCUT2D eigenvalue weighted by Crippen LogP contribution is 2.34. The van der Waals surface area contributed by atoms with Crippen LogP contribution in [0.4, 0.5) is 5.95 Å². The van der Waals surface area contributed by atoms with Crippen molar-refractivity contribution in [2.24, 2.45) is 5.92 Å². The highest BCUT2D eigenvalue weighted by Gasteiger charge is 2.25. The molecule has 1 atom stereocenters. The molecule has 1 unspecified atom stereocenters. The van der Waals surface area contributed by atoms with E-state index in [9.17, 15) is 0 Å². The van der Waals surface area contributed by atoms with Crippen LogP contribution in [0.5, 0.6) is 6.01 Å². The highest BCUT2D eigenvalue weighted by molar-refractivity contribution is 6.28. The second-order valence-electron chi connectivity index (χ2n) is 5.31. The van der Waals surface area contributed by atoms with E-state index in [1.165, 1.54) is 19.3 Å². The molecule has 1 heterocycles. The third-order valence-electron chi connectivity index (χ3n) is 3.07. The molecule has 1 aromatic rings. The molecule has 19 heavy (non-hydrogen) atoms. The number of ether oxygens (including phenoxy) is 1. The summed E-state index contributed by atoms with van der Waals surface area (Å²) in [6, 6.07) is 0.664. The third kappa shape index (κ3) is 4.82. The minimum atomic E-state index is 0.0137. The smallest absolute Gasteiger partial charge is 0.322 e. The third-order valence-corrected chi connectivity index (χ3v) is 3.24. The van der Waals surface area contributed by atoms with Crippen molar-refractivity contribution in [3.63, 3.8) is 0 Å². The van der Waals surface area contributed by atoms with Crippen molar-refractivity contribution in [3.05, 3.63) is 5.28 Å². The Balaban J connectivity index is 2.02. The van der Waals surface area contributed by atoms with Gasteiger partial charge in [0.15, 0.2) is 0 Å². The Kier molecular flexibility index (Phi) is 4.80. The zero-order valence-corrected chi connectivity index (χ0v) is 12.4. The predicted octanol–water partition coefficient (Wildman–Crippen LogP) is 3.30. The van der Waals surface area contributed by atoms with Crippen LogP contribution in [0.15, 0.2) is 0 Å². The van der Waals surface area contributed by atoms with E-state index < -0.39 is 0 Å². The molecule has 0 radical (unpaired) electrons. The van der Waals surface area contributed by atoms with Crippen LogP contribution in [0.2, 0.25) is 5.28 Å². The molecule has 0 aliphatic heterocycles. The molecule has 0 amide bonds. The van der Waals surface area contributed by atoms with Crippen LogP contribution in [-0.2, 0) is 0 Å². The van der Waals surface area contributed by atoms with E-state index in [0.717, 1.165) is 12.3 Å². The number of anilines is 1. The lowest BCUT2D eigenvalue weighted by atomic mass is 10.1. The zero-order valence-electron chi connectivity index (χ0n) is 11.7. The van der Waals surface area contributed by atoms with Crippen molar-refractivity contribution >= 4 is 17.5 Å². The van der Waals surface area contributed by atoms with Crippen LogP contribution in [0, 0.1) is 5.92 Å². The maximum atomic E-state index is 5.90. The first-order valence-corrected chi connectivity index (χ1v) is 7.29. The first-order chi connectivity index (χ1) is 9.06. The maximum Gasteiger partial charge on any atom is 0.322 e. The van der Waals surface area contributed by atoms with Crippen molar-refractivity contribution in [3.8, 4) is 6.01 Å². The van der Waals surface area contributed by atoms with Gasteiger partial charge >= 0.3 is 6.01 Å². The Morgan fingerprint density at radius 1 is 1.32 bits per heavy atom. The van der Waals surface area contributed by atoms with Gasteiger partial charge in [-0.3, -0.25) is 0 Å². The van der Waals surface area contributed by atoms with E-state index in [4.69, 9.17) is 16.3 Å². The van der Waals surface area contributed by atoms with Crippen LogP contribution in [0.25, 0.3) is 0 Å². The summed E-state index contributed by atoms with van der Waals surface area (Å²) >= 11 is 5.90. The van der Waals surface area contributed by atoms with Gasteiger partial charge in [0.2, 0.25) is 11.2 Å². The molecule has 0 saturated heterocycles. The minimum absolute atomic E-state index is 0.0137. The van der Waals surface area contributed by atoms with E-state index in [-0.39, 0.29) is 17.4 Å². The maximum absolute atomic E-state index is 5.90. The van der Waals surface area contributed by atoms with Gasteiger partial charge in [0.1, 0.15) is 0 Å². The van der Waals surface area contributed by atoms with Crippen LogP contribution in [-0.4, -0.2) is 27.1 Å². The van der Waals surface area contributed by atoms with Crippen LogP contribution < -0.4 is 10.1 Å². The highest BCUT2D eigenvalue weighted by atomic mass is 35.5. The van der Waals surface area contributed by atoms with E-state index in [2.05, 4.69) is 27.2 Å². The van der Waals surface area contributed by atoms with E-state index in [1.54, 1.807) is 0 Å². The molecule has 1 aliphatic rings. The van der Waals surface area contributed by atoms with Crippen molar-refractivity contribution in [1.29, 1.82) is 0 Å². The monoisotopic (exact) mass is 284 g/mol. The fraction of sp³-hybridized carbons (Fsp3) is 0.769. The number of halogens is 1. The molecule has 1 aliphatic carbocycles. The van der Waals surface area contributed by atoms with Gasteiger partial charge in [0.25, 0.3) is 0 Å².